The third-order valence-electron chi connectivity index (χ3n) is 5.36. The fourth-order valence-corrected chi connectivity index (χ4v) is 3.84. The second kappa shape index (κ2) is 12.5. The summed E-state index contributed by atoms with van der Waals surface area (Å²) in [5.74, 6) is 2.13. The second-order valence-electron chi connectivity index (χ2n) is 7.56. The van der Waals surface area contributed by atoms with Crippen molar-refractivity contribution in [2.75, 3.05) is 47.1 Å². The molecule has 0 aromatic heterocycles. The van der Waals surface area contributed by atoms with Crippen molar-refractivity contribution in [3.8, 4) is 5.75 Å². The normalized spacial score (nSPS) is 16.5. The zero-order valence-electron chi connectivity index (χ0n) is 18.4. The van der Waals surface area contributed by atoms with Crippen LogP contribution in [0.4, 0.5) is 0 Å². The Bertz CT molecular complexity index is 846. The van der Waals surface area contributed by atoms with Gasteiger partial charge in [0.15, 0.2) is 5.96 Å². The highest BCUT2D eigenvalue weighted by Crippen LogP contribution is 2.24. The molecule has 0 radical (unpaired) electrons. The maximum atomic E-state index is 6.21. The van der Waals surface area contributed by atoms with Crippen LogP contribution in [0.3, 0.4) is 0 Å². The quantitative estimate of drug-likeness (QED) is 0.340. The number of likely N-dealkylation sites (tertiary alicyclic amines) is 1. The van der Waals surface area contributed by atoms with Gasteiger partial charge in [-0.25, -0.2) is 0 Å². The van der Waals surface area contributed by atoms with Gasteiger partial charge in [0.1, 0.15) is 12.4 Å². The van der Waals surface area contributed by atoms with Gasteiger partial charge in [0, 0.05) is 39.7 Å². The van der Waals surface area contributed by atoms with Crippen LogP contribution in [0.15, 0.2) is 53.5 Å². The van der Waals surface area contributed by atoms with Crippen molar-refractivity contribution in [3.63, 3.8) is 0 Å². The Morgan fingerprint density at radius 1 is 1.13 bits per heavy atom. The fourth-order valence-electron chi connectivity index (χ4n) is 3.65. The first-order valence-electron chi connectivity index (χ1n) is 10.7. The standard InChI is InChI=1S/C24H32ClN3O3/c1-26-24(28-12-11-19(16-28)17-30-14-13-29-2)27-15-20-7-3-4-8-21(20)18-31-23-10-6-5-9-22(23)25/h3-10,19H,11-18H2,1-2H3,(H,26,27). The van der Waals surface area contributed by atoms with E-state index in [0.29, 0.717) is 43.1 Å². The molecule has 7 heteroatoms. The number of methoxy groups -OCH3 is 1. The van der Waals surface area contributed by atoms with E-state index in [1.807, 2.05) is 43.4 Å². The summed E-state index contributed by atoms with van der Waals surface area (Å²) >= 11 is 6.21. The molecule has 2 aromatic rings. The number of hydrogen-bond acceptors (Lipinski definition) is 4. The third kappa shape index (κ3) is 7.13. The molecule has 0 amide bonds. The third-order valence-corrected chi connectivity index (χ3v) is 5.67. The summed E-state index contributed by atoms with van der Waals surface area (Å²) in [6, 6.07) is 15.8. The summed E-state index contributed by atoms with van der Waals surface area (Å²) in [4.78, 5) is 6.78. The molecular formula is C24H32ClN3O3. The van der Waals surface area contributed by atoms with Crippen molar-refractivity contribution in [1.82, 2.24) is 10.2 Å². The Kier molecular flexibility index (Phi) is 9.46. The summed E-state index contributed by atoms with van der Waals surface area (Å²) in [5, 5.41) is 4.13. The molecule has 1 aliphatic rings. The van der Waals surface area contributed by atoms with Crippen molar-refractivity contribution in [2.45, 2.75) is 19.6 Å². The summed E-state index contributed by atoms with van der Waals surface area (Å²) in [5.41, 5.74) is 2.30. The number of nitrogens with zero attached hydrogens (tertiary/aromatic N) is 2. The number of guanidine groups is 1. The number of hydrogen-bond donors (Lipinski definition) is 1. The molecule has 1 unspecified atom stereocenters. The van der Waals surface area contributed by atoms with Crippen LogP contribution in [0.25, 0.3) is 0 Å². The minimum atomic E-state index is 0.463. The van der Waals surface area contributed by atoms with E-state index in [1.54, 1.807) is 7.11 Å². The van der Waals surface area contributed by atoms with Crippen LogP contribution < -0.4 is 10.1 Å². The van der Waals surface area contributed by atoms with Crippen molar-refractivity contribution in [1.29, 1.82) is 0 Å². The number of nitrogens with one attached hydrogen (secondary N) is 1. The van der Waals surface area contributed by atoms with Crippen molar-refractivity contribution < 1.29 is 14.2 Å². The van der Waals surface area contributed by atoms with Crippen LogP contribution in [0.5, 0.6) is 5.75 Å². The van der Waals surface area contributed by atoms with Crippen molar-refractivity contribution >= 4 is 17.6 Å². The molecule has 31 heavy (non-hydrogen) atoms. The van der Waals surface area contributed by atoms with Gasteiger partial charge in [-0.3, -0.25) is 4.99 Å². The molecule has 0 aliphatic carbocycles. The van der Waals surface area contributed by atoms with Gasteiger partial charge >= 0.3 is 0 Å². The van der Waals surface area contributed by atoms with E-state index < -0.39 is 0 Å². The van der Waals surface area contributed by atoms with Crippen LogP contribution in [0, 0.1) is 5.92 Å². The lowest BCUT2D eigenvalue weighted by Gasteiger charge is -2.22. The molecule has 3 rings (SSSR count). The minimum Gasteiger partial charge on any atom is -0.487 e. The first-order chi connectivity index (χ1) is 15.2. The molecule has 1 aliphatic heterocycles. The average Bonchev–Trinajstić information content (AvgIpc) is 3.26. The Morgan fingerprint density at radius 3 is 2.68 bits per heavy atom. The van der Waals surface area contributed by atoms with E-state index in [-0.39, 0.29) is 0 Å². The number of halogens is 1. The van der Waals surface area contributed by atoms with E-state index in [4.69, 9.17) is 25.8 Å². The molecule has 1 N–H and O–H groups in total. The van der Waals surface area contributed by atoms with E-state index in [1.165, 1.54) is 5.56 Å². The number of para-hydroxylation sites is 1. The van der Waals surface area contributed by atoms with Gasteiger partial charge in [-0.2, -0.15) is 0 Å². The van der Waals surface area contributed by atoms with E-state index in [0.717, 1.165) is 37.6 Å². The van der Waals surface area contributed by atoms with Gasteiger partial charge in [0.25, 0.3) is 0 Å². The van der Waals surface area contributed by atoms with Gasteiger partial charge in [-0.1, -0.05) is 48.0 Å². The highest BCUT2D eigenvalue weighted by Gasteiger charge is 2.25. The zero-order chi connectivity index (χ0) is 21.9. The van der Waals surface area contributed by atoms with Gasteiger partial charge in [-0.15, -0.1) is 0 Å². The predicted molar refractivity (Wildman–Crippen MR) is 125 cm³/mol. The van der Waals surface area contributed by atoms with Gasteiger partial charge in [0.2, 0.25) is 0 Å². The molecule has 1 atom stereocenters. The SMILES string of the molecule is CN=C(NCc1ccccc1COc1ccccc1Cl)N1CCC(COCCOC)C1. The molecule has 1 fully saturated rings. The van der Waals surface area contributed by atoms with Crippen LogP contribution in [0.2, 0.25) is 5.02 Å². The average molecular weight is 446 g/mol. The summed E-state index contributed by atoms with van der Waals surface area (Å²) in [6.07, 6.45) is 1.11. The fraction of sp³-hybridized carbons (Fsp3) is 0.458. The van der Waals surface area contributed by atoms with Gasteiger partial charge in [-0.05, 0) is 29.7 Å². The molecule has 0 saturated carbocycles. The predicted octanol–water partition coefficient (Wildman–Crippen LogP) is 3.98. The Balaban J connectivity index is 1.51. The van der Waals surface area contributed by atoms with Crippen LogP contribution in [0.1, 0.15) is 17.5 Å². The summed E-state index contributed by atoms with van der Waals surface area (Å²) in [6.45, 7) is 5.12. The monoisotopic (exact) mass is 445 g/mol. The molecule has 1 saturated heterocycles. The minimum absolute atomic E-state index is 0.463. The maximum absolute atomic E-state index is 6.21. The first kappa shape index (κ1) is 23.4. The highest BCUT2D eigenvalue weighted by atomic mass is 35.5. The van der Waals surface area contributed by atoms with E-state index >= 15 is 0 Å². The van der Waals surface area contributed by atoms with Crippen molar-refractivity contribution in [2.24, 2.45) is 10.9 Å². The number of ether oxygens (including phenoxy) is 3. The molecule has 6 nitrogen and oxygen atoms in total. The number of aliphatic imine (C=N–C) groups is 1. The lowest BCUT2D eigenvalue weighted by molar-refractivity contribution is 0.0536. The molecule has 0 bridgehead atoms. The molecule has 2 aromatic carbocycles. The van der Waals surface area contributed by atoms with Crippen LogP contribution >= 0.6 is 11.6 Å². The summed E-state index contributed by atoms with van der Waals surface area (Å²) < 4.78 is 16.7. The number of rotatable bonds is 10. The van der Waals surface area contributed by atoms with E-state index in [9.17, 15) is 0 Å². The zero-order valence-corrected chi connectivity index (χ0v) is 19.1. The summed E-state index contributed by atoms with van der Waals surface area (Å²) in [7, 11) is 3.52. The Morgan fingerprint density at radius 2 is 1.90 bits per heavy atom. The van der Waals surface area contributed by atoms with E-state index in [2.05, 4.69) is 27.3 Å². The van der Waals surface area contributed by atoms with Crippen LogP contribution in [-0.4, -0.2) is 57.9 Å². The molecule has 1 heterocycles. The Hall–Kier alpha value is -2.28. The first-order valence-corrected chi connectivity index (χ1v) is 11.1. The van der Waals surface area contributed by atoms with Crippen LogP contribution in [-0.2, 0) is 22.6 Å². The Labute approximate surface area is 190 Å². The van der Waals surface area contributed by atoms with Gasteiger partial charge in [0.05, 0.1) is 24.8 Å². The maximum Gasteiger partial charge on any atom is 0.193 e. The van der Waals surface area contributed by atoms with Gasteiger partial charge < -0.3 is 24.4 Å². The topological polar surface area (TPSA) is 55.3 Å². The smallest absolute Gasteiger partial charge is 0.193 e. The lowest BCUT2D eigenvalue weighted by atomic mass is 10.1. The highest BCUT2D eigenvalue weighted by molar-refractivity contribution is 6.32. The molecular weight excluding hydrogens is 414 g/mol. The molecule has 0 spiro atoms. The van der Waals surface area contributed by atoms with Crippen molar-refractivity contribution in [3.05, 3.63) is 64.7 Å². The lowest BCUT2D eigenvalue weighted by Crippen LogP contribution is -2.40. The molecule has 168 valence electrons. The second-order valence-corrected chi connectivity index (χ2v) is 7.96. The number of benzene rings is 2. The largest absolute Gasteiger partial charge is 0.487 e.